The number of anilines is 4. The Morgan fingerprint density at radius 3 is 2.24 bits per heavy atom. The standard InChI is InChI=1S/C20H14ClF6N5O2/c21-13-3-1-9(7-11(13)19(22,23)24)31-18(33)32-14-4-2-10(8-12(14)20(25,26)27)34-15-5-6-30-17(29)16(15)28/h1-8H,28H2,(H2,29,30)(H2,31,32,33). The van der Waals surface area contributed by atoms with Crippen molar-refractivity contribution < 1.29 is 35.9 Å². The van der Waals surface area contributed by atoms with Crippen molar-refractivity contribution in [3.63, 3.8) is 0 Å². The Labute approximate surface area is 192 Å². The summed E-state index contributed by atoms with van der Waals surface area (Å²) in [6.45, 7) is 0. The predicted octanol–water partition coefficient (Wildman–Crippen LogP) is 6.37. The zero-order valence-electron chi connectivity index (χ0n) is 16.7. The predicted molar refractivity (Wildman–Crippen MR) is 114 cm³/mol. The second-order valence-corrected chi connectivity index (χ2v) is 7.09. The van der Waals surface area contributed by atoms with Crippen LogP contribution in [0.5, 0.6) is 11.5 Å². The molecular formula is C20H14ClF6N5O2. The van der Waals surface area contributed by atoms with Crippen LogP contribution in [0.3, 0.4) is 0 Å². The van der Waals surface area contributed by atoms with Gasteiger partial charge in [-0.15, -0.1) is 0 Å². The van der Waals surface area contributed by atoms with Crippen LogP contribution < -0.4 is 26.8 Å². The van der Waals surface area contributed by atoms with Gasteiger partial charge in [0, 0.05) is 18.0 Å². The van der Waals surface area contributed by atoms with E-state index >= 15 is 0 Å². The highest BCUT2D eigenvalue weighted by atomic mass is 35.5. The number of nitrogens with one attached hydrogen (secondary N) is 2. The zero-order valence-corrected chi connectivity index (χ0v) is 17.4. The molecule has 3 aromatic rings. The first-order valence-corrected chi connectivity index (χ1v) is 9.47. The van der Waals surface area contributed by atoms with Gasteiger partial charge in [0.15, 0.2) is 5.75 Å². The normalized spacial score (nSPS) is 11.7. The van der Waals surface area contributed by atoms with E-state index < -0.39 is 40.2 Å². The summed E-state index contributed by atoms with van der Waals surface area (Å²) >= 11 is 5.51. The lowest BCUT2D eigenvalue weighted by Gasteiger charge is -2.17. The van der Waals surface area contributed by atoms with Crippen molar-refractivity contribution in [2.45, 2.75) is 12.4 Å². The average Bonchev–Trinajstić information content (AvgIpc) is 2.72. The Balaban J connectivity index is 1.84. The second kappa shape index (κ2) is 9.17. The van der Waals surface area contributed by atoms with Crippen LogP contribution in [0.4, 0.5) is 54.0 Å². The molecule has 0 spiro atoms. The molecular weight excluding hydrogens is 492 g/mol. The minimum atomic E-state index is -4.92. The molecule has 2 aromatic carbocycles. The van der Waals surface area contributed by atoms with E-state index in [-0.39, 0.29) is 28.7 Å². The van der Waals surface area contributed by atoms with E-state index in [4.69, 9.17) is 27.8 Å². The number of urea groups is 1. The highest BCUT2D eigenvalue weighted by molar-refractivity contribution is 6.31. The van der Waals surface area contributed by atoms with Crippen molar-refractivity contribution in [2.75, 3.05) is 22.1 Å². The minimum Gasteiger partial charge on any atom is -0.455 e. The van der Waals surface area contributed by atoms with Gasteiger partial charge in [-0.1, -0.05) is 11.6 Å². The van der Waals surface area contributed by atoms with E-state index in [2.05, 4.69) is 4.98 Å². The summed E-state index contributed by atoms with van der Waals surface area (Å²) < 4.78 is 85.0. The number of hydrogen-bond donors (Lipinski definition) is 4. The molecule has 0 saturated carbocycles. The number of nitrogens with zero attached hydrogens (tertiary/aromatic N) is 1. The number of amides is 2. The number of nitrogen functional groups attached to an aromatic ring is 2. The first kappa shape index (κ1) is 24.8. The Morgan fingerprint density at radius 2 is 1.59 bits per heavy atom. The number of halogens is 7. The molecule has 0 atom stereocenters. The summed E-state index contributed by atoms with van der Waals surface area (Å²) in [6, 6.07) is 5.20. The number of pyridine rings is 1. The maximum absolute atomic E-state index is 13.6. The van der Waals surface area contributed by atoms with Crippen LogP contribution in [0.2, 0.25) is 5.02 Å². The molecule has 0 aliphatic rings. The van der Waals surface area contributed by atoms with Crippen LogP contribution in [-0.2, 0) is 12.4 Å². The topological polar surface area (TPSA) is 115 Å². The number of nitrogens with two attached hydrogens (primary N) is 2. The lowest BCUT2D eigenvalue weighted by Crippen LogP contribution is -2.22. The van der Waals surface area contributed by atoms with Crippen molar-refractivity contribution in [3.8, 4) is 11.5 Å². The molecule has 0 fully saturated rings. The summed E-state index contributed by atoms with van der Waals surface area (Å²) in [6.07, 6.45) is -8.48. The van der Waals surface area contributed by atoms with E-state index in [0.29, 0.717) is 12.1 Å². The third-order valence-corrected chi connectivity index (χ3v) is 4.61. The van der Waals surface area contributed by atoms with E-state index in [0.717, 1.165) is 24.3 Å². The Morgan fingerprint density at radius 1 is 0.912 bits per heavy atom. The van der Waals surface area contributed by atoms with Gasteiger partial charge >= 0.3 is 18.4 Å². The molecule has 2 amide bonds. The Bertz CT molecular complexity index is 1230. The van der Waals surface area contributed by atoms with Gasteiger partial charge in [0.25, 0.3) is 0 Å². The Kier molecular flexibility index (Phi) is 6.68. The van der Waals surface area contributed by atoms with Crippen LogP contribution in [0.15, 0.2) is 48.7 Å². The molecule has 7 nitrogen and oxygen atoms in total. The lowest BCUT2D eigenvalue weighted by atomic mass is 10.1. The lowest BCUT2D eigenvalue weighted by molar-refractivity contribution is -0.138. The molecule has 3 rings (SSSR count). The quantitative estimate of drug-likeness (QED) is 0.307. The van der Waals surface area contributed by atoms with Crippen molar-refractivity contribution in [1.82, 2.24) is 4.98 Å². The number of aromatic nitrogens is 1. The summed E-state index contributed by atoms with van der Waals surface area (Å²) in [4.78, 5) is 15.9. The maximum Gasteiger partial charge on any atom is 0.418 e. The molecule has 0 radical (unpaired) electrons. The molecule has 34 heavy (non-hydrogen) atoms. The minimum absolute atomic E-state index is 0.0396. The summed E-state index contributed by atoms with van der Waals surface area (Å²) in [5, 5.41) is 3.38. The van der Waals surface area contributed by atoms with Gasteiger partial charge in [-0.25, -0.2) is 9.78 Å². The molecule has 0 aliphatic heterocycles. The number of carbonyl (C=O) groups is 1. The van der Waals surface area contributed by atoms with Gasteiger partial charge in [0.2, 0.25) is 0 Å². The van der Waals surface area contributed by atoms with Gasteiger partial charge in [-0.05, 0) is 36.4 Å². The fourth-order valence-corrected chi connectivity index (χ4v) is 2.95. The SMILES string of the molecule is Nc1nccc(Oc2ccc(NC(=O)Nc3ccc(Cl)c(C(F)(F)F)c3)c(C(F)(F)F)c2)c1N. The number of ether oxygens (including phenoxy) is 1. The average molecular weight is 506 g/mol. The number of benzene rings is 2. The molecule has 6 N–H and O–H groups in total. The van der Waals surface area contributed by atoms with Crippen LogP contribution in [0.1, 0.15) is 11.1 Å². The largest absolute Gasteiger partial charge is 0.455 e. The fraction of sp³-hybridized carbons (Fsp3) is 0.100. The maximum atomic E-state index is 13.6. The smallest absolute Gasteiger partial charge is 0.418 e. The van der Waals surface area contributed by atoms with Crippen molar-refractivity contribution >= 4 is 40.5 Å². The van der Waals surface area contributed by atoms with Crippen LogP contribution in [0.25, 0.3) is 0 Å². The van der Waals surface area contributed by atoms with Crippen LogP contribution in [0, 0.1) is 0 Å². The molecule has 180 valence electrons. The van der Waals surface area contributed by atoms with E-state index in [1.807, 2.05) is 10.6 Å². The van der Waals surface area contributed by atoms with E-state index in [1.165, 1.54) is 12.3 Å². The van der Waals surface area contributed by atoms with Gasteiger partial charge in [0.05, 0.1) is 21.8 Å². The second-order valence-electron chi connectivity index (χ2n) is 6.69. The molecule has 0 aliphatic carbocycles. The van der Waals surface area contributed by atoms with E-state index in [9.17, 15) is 31.1 Å². The third kappa shape index (κ3) is 5.73. The number of hydrogen-bond acceptors (Lipinski definition) is 5. The Hall–Kier alpha value is -3.87. The summed E-state index contributed by atoms with van der Waals surface area (Å²) in [7, 11) is 0. The molecule has 1 heterocycles. The van der Waals surface area contributed by atoms with Crippen LogP contribution in [-0.4, -0.2) is 11.0 Å². The zero-order chi connectivity index (χ0) is 25.3. The van der Waals surface area contributed by atoms with Crippen molar-refractivity contribution in [1.29, 1.82) is 0 Å². The van der Waals surface area contributed by atoms with Gasteiger partial charge in [0.1, 0.15) is 17.3 Å². The van der Waals surface area contributed by atoms with Gasteiger partial charge in [-0.2, -0.15) is 26.3 Å². The van der Waals surface area contributed by atoms with Gasteiger partial charge < -0.3 is 26.8 Å². The van der Waals surface area contributed by atoms with Gasteiger partial charge in [-0.3, -0.25) is 0 Å². The highest BCUT2D eigenvalue weighted by Crippen LogP contribution is 2.40. The first-order valence-electron chi connectivity index (χ1n) is 9.09. The summed E-state index contributed by atoms with van der Waals surface area (Å²) in [5.74, 6) is -0.398. The highest BCUT2D eigenvalue weighted by Gasteiger charge is 2.35. The molecule has 0 unspecified atom stereocenters. The number of rotatable bonds is 4. The fourth-order valence-electron chi connectivity index (χ4n) is 2.72. The summed E-state index contributed by atoms with van der Waals surface area (Å²) in [5.41, 5.74) is 7.62. The number of alkyl halides is 6. The van der Waals surface area contributed by atoms with E-state index in [1.54, 1.807) is 0 Å². The number of carbonyl (C=O) groups excluding carboxylic acids is 1. The van der Waals surface area contributed by atoms with Crippen molar-refractivity contribution in [2.24, 2.45) is 0 Å². The first-order chi connectivity index (χ1) is 15.8. The van der Waals surface area contributed by atoms with Crippen molar-refractivity contribution in [3.05, 3.63) is 64.8 Å². The van der Waals surface area contributed by atoms with Crippen LogP contribution >= 0.6 is 11.6 Å². The monoisotopic (exact) mass is 505 g/mol. The molecule has 0 bridgehead atoms. The molecule has 1 aromatic heterocycles. The molecule has 0 saturated heterocycles. The third-order valence-electron chi connectivity index (χ3n) is 4.28. The molecule has 14 heteroatoms.